The van der Waals surface area contributed by atoms with E-state index < -0.39 is 24.7 Å². The molecular weight excluding hydrogens is 413 g/mol. The van der Waals surface area contributed by atoms with Gasteiger partial charge in [0.2, 0.25) is 5.88 Å². The highest BCUT2D eigenvalue weighted by Crippen LogP contribution is 2.27. The van der Waals surface area contributed by atoms with Gasteiger partial charge in [-0.3, -0.25) is 14.6 Å². The first-order valence-electron chi connectivity index (χ1n) is 8.50. The van der Waals surface area contributed by atoms with Crippen LogP contribution in [0.1, 0.15) is 46.3 Å². The molecule has 1 atom stereocenters. The smallest absolute Gasteiger partial charge is 0.422 e. The largest absolute Gasteiger partial charge is 0.467 e. The fourth-order valence-corrected chi connectivity index (χ4v) is 2.48. The maximum atomic E-state index is 12.4. The van der Waals surface area contributed by atoms with Crippen LogP contribution >= 0.6 is 11.6 Å². The molecule has 0 saturated heterocycles. The Hall–Kier alpha value is -2.88. The highest BCUT2D eigenvalue weighted by atomic mass is 35.5. The summed E-state index contributed by atoms with van der Waals surface area (Å²) < 4.78 is 41.2. The number of carbonyl (C=O) groups excluding carboxylic acids is 2. The van der Waals surface area contributed by atoms with E-state index in [2.05, 4.69) is 25.3 Å². The first-order valence-corrected chi connectivity index (χ1v) is 8.88. The summed E-state index contributed by atoms with van der Waals surface area (Å²) in [5.41, 5.74) is 0.767. The lowest BCUT2D eigenvalue weighted by atomic mass is 10.1. The van der Waals surface area contributed by atoms with Crippen molar-refractivity contribution in [1.29, 1.82) is 0 Å². The second-order valence-corrected chi connectivity index (χ2v) is 6.35. The van der Waals surface area contributed by atoms with Gasteiger partial charge in [0.1, 0.15) is 10.7 Å². The monoisotopic (exact) mass is 430 g/mol. The third-order valence-corrected chi connectivity index (χ3v) is 3.91. The molecule has 29 heavy (non-hydrogen) atoms. The van der Waals surface area contributed by atoms with Crippen LogP contribution in [-0.2, 0) is 0 Å². The number of rotatable bonds is 7. The van der Waals surface area contributed by atoms with Crippen LogP contribution in [0.4, 0.5) is 13.2 Å². The fraction of sp³-hybridized carbons (Fsp3) is 0.333. The second-order valence-electron chi connectivity index (χ2n) is 5.94. The van der Waals surface area contributed by atoms with Crippen molar-refractivity contribution < 1.29 is 27.5 Å². The maximum Gasteiger partial charge on any atom is 0.422 e. The standard InChI is InChI=1S/C18H18ClF3N4O3/c1-3-23-15(27)11-4-5-24-14(7-11)16(28)26-10(2)12-6-13(19)17(25-8-12)29-9-18(20,21)22/h4-8,10H,3,9H2,1-2H3,(H,23,27)(H,26,28). The van der Waals surface area contributed by atoms with Gasteiger partial charge in [-0.25, -0.2) is 4.98 Å². The Morgan fingerprint density at radius 3 is 2.59 bits per heavy atom. The Bertz CT molecular complexity index is 893. The van der Waals surface area contributed by atoms with Crippen molar-refractivity contribution in [2.75, 3.05) is 13.2 Å². The fourth-order valence-electron chi connectivity index (χ4n) is 2.25. The Morgan fingerprint density at radius 2 is 1.97 bits per heavy atom. The van der Waals surface area contributed by atoms with E-state index in [9.17, 15) is 22.8 Å². The minimum atomic E-state index is -4.51. The number of alkyl halides is 3. The highest BCUT2D eigenvalue weighted by molar-refractivity contribution is 6.31. The molecule has 11 heteroatoms. The first kappa shape index (κ1) is 22.4. The average molecular weight is 431 g/mol. The number of aromatic nitrogens is 2. The molecule has 2 aromatic heterocycles. The number of pyridine rings is 2. The molecule has 1 unspecified atom stereocenters. The molecule has 7 nitrogen and oxygen atoms in total. The van der Waals surface area contributed by atoms with Gasteiger partial charge in [-0.05, 0) is 37.6 Å². The van der Waals surface area contributed by atoms with Crippen LogP contribution in [0.3, 0.4) is 0 Å². The van der Waals surface area contributed by atoms with Crippen molar-refractivity contribution in [3.05, 3.63) is 52.4 Å². The maximum absolute atomic E-state index is 12.4. The SMILES string of the molecule is CCNC(=O)c1ccnc(C(=O)NC(C)c2cnc(OCC(F)(F)F)c(Cl)c2)c1. The van der Waals surface area contributed by atoms with Crippen LogP contribution < -0.4 is 15.4 Å². The Morgan fingerprint density at radius 1 is 1.24 bits per heavy atom. The second kappa shape index (κ2) is 9.55. The molecule has 2 aromatic rings. The summed E-state index contributed by atoms with van der Waals surface area (Å²) in [6.45, 7) is 2.33. The number of hydrogen-bond donors (Lipinski definition) is 2. The number of carbonyl (C=O) groups is 2. The Kier molecular flexibility index (Phi) is 7.38. The summed E-state index contributed by atoms with van der Waals surface area (Å²) in [5, 5.41) is 5.16. The van der Waals surface area contributed by atoms with Gasteiger partial charge in [0.15, 0.2) is 6.61 Å². The zero-order valence-corrected chi connectivity index (χ0v) is 16.3. The summed E-state index contributed by atoms with van der Waals surface area (Å²) in [6.07, 6.45) is -1.92. The van der Waals surface area contributed by atoms with E-state index in [1.807, 2.05) is 0 Å². The van der Waals surface area contributed by atoms with E-state index in [1.165, 1.54) is 30.6 Å². The van der Waals surface area contributed by atoms with E-state index >= 15 is 0 Å². The summed E-state index contributed by atoms with van der Waals surface area (Å²) in [4.78, 5) is 32.0. The molecule has 156 valence electrons. The van der Waals surface area contributed by atoms with Crippen LogP contribution in [0.2, 0.25) is 5.02 Å². The van der Waals surface area contributed by atoms with Crippen LogP contribution in [-0.4, -0.2) is 41.1 Å². The van der Waals surface area contributed by atoms with Gasteiger partial charge >= 0.3 is 6.18 Å². The van der Waals surface area contributed by atoms with E-state index in [0.717, 1.165) is 0 Å². The predicted octanol–water partition coefficient (Wildman–Crippen LogP) is 3.31. The number of nitrogens with zero attached hydrogens (tertiary/aromatic N) is 2. The van der Waals surface area contributed by atoms with Crippen LogP contribution in [0.5, 0.6) is 5.88 Å². The molecule has 0 fully saturated rings. The Balaban J connectivity index is 2.07. The van der Waals surface area contributed by atoms with Crippen LogP contribution in [0, 0.1) is 0 Å². The van der Waals surface area contributed by atoms with Gasteiger partial charge in [0.25, 0.3) is 11.8 Å². The van der Waals surface area contributed by atoms with Crippen LogP contribution in [0.25, 0.3) is 0 Å². The molecule has 0 bridgehead atoms. The summed E-state index contributed by atoms with van der Waals surface area (Å²) in [7, 11) is 0. The topological polar surface area (TPSA) is 93.2 Å². The molecule has 0 aromatic carbocycles. The van der Waals surface area contributed by atoms with E-state index in [0.29, 0.717) is 12.1 Å². The van der Waals surface area contributed by atoms with Gasteiger partial charge in [-0.15, -0.1) is 0 Å². The number of amides is 2. The van der Waals surface area contributed by atoms with Gasteiger partial charge in [-0.2, -0.15) is 13.2 Å². The predicted molar refractivity (Wildman–Crippen MR) is 98.9 cm³/mol. The van der Waals surface area contributed by atoms with Crippen molar-refractivity contribution in [2.45, 2.75) is 26.1 Å². The molecule has 0 aliphatic heterocycles. The van der Waals surface area contributed by atoms with Crippen molar-refractivity contribution in [1.82, 2.24) is 20.6 Å². The molecule has 0 radical (unpaired) electrons. The lowest BCUT2D eigenvalue weighted by Crippen LogP contribution is -2.28. The molecule has 2 rings (SSSR count). The van der Waals surface area contributed by atoms with Gasteiger partial charge < -0.3 is 15.4 Å². The molecule has 2 amide bonds. The third kappa shape index (κ3) is 6.60. The number of halogens is 4. The number of ether oxygens (including phenoxy) is 1. The quantitative estimate of drug-likeness (QED) is 0.703. The molecule has 0 saturated carbocycles. The van der Waals surface area contributed by atoms with Gasteiger partial charge in [0.05, 0.1) is 6.04 Å². The van der Waals surface area contributed by atoms with Gasteiger partial charge in [-0.1, -0.05) is 11.6 Å². The van der Waals surface area contributed by atoms with Crippen molar-refractivity contribution >= 4 is 23.4 Å². The minimum Gasteiger partial charge on any atom is -0.467 e. The normalized spacial score (nSPS) is 12.2. The zero-order chi connectivity index (χ0) is 21.6. The molecule has 0 spiro atoms. The lowest BCUT2D eigenvalue weighted by molar-refractivity contribution is -0.154. The van der Waals surface area contributed by atoms with E-state index in [4.69, 9.17) is 11.6 Å². The van der Waals surface area contributed by atoms with Crippen LogP contribution in [0.15, 0.2) is 30.6 Å². The highest BCUT2D eigenvalue weighted by Gasteiger charge is 2.29. The summed E-state index contributed by atoms with van der Waals surface area (Å²) in [6, 6.07) is 3.60. The van der Waals surface area contributed by atoms with Gasteiger partial charge in [0, 0.05) is 24.5 Å². The summed E-state index contributed by atoms with van der Waals surface area (Å²) >= 11 is 5.92. The average Bonchev–Trinajstić information content (AvgIpc) is 2.66. The van der Waals surface area contributed by atoms with Crippen molar-refractivity contribution in [3.8, 4) is 5.88 Å². The van der Waals surface area contributed by atoms with E-state index in [-0.39, 0.29) is 28.1 Å². The first-order chi connectivity index (χ1) is 13.6. The van der Waals surface area contributed by atoms with Crippen molar-refractivity contribution in [3.63, 3.8) is 0 Å². The Labute approximate surface area is 169 Å². The van der Waals surface area contributed by atoms with Crippen molar-refractivity contribution in [2.24, 2.45) is 0 Å². The molecular formula is C18H18ClF3N4O3. The molecule has 0 aliphatic carbocycles. The number of nitrogens with one attached hydrogen (secondary N) is 2. The minimum absolute atomic E-state index is 0.0322. The molecule has 2 heterocycles. The van der Waals surface area contributed by atoms with E-state index in [1.54, 1.807) is 13.8 Å². The summed E-state index contributed by atoms with van der Waals surface area (Å²) in [5.74, 6) is -1.23. The molecule has 2 N–H and O–H groups in total. The zero-order valence-electron chi connectivity index (χ0n) is 15.5. The lowest BCUT2D eigenvalue weighted by Gasteiger charge is -2.16. The molecule has 0 aliphatic rings. The number of hydrogen-bond acceptors (Lipinski definition) is 5. The third-order valence-electron chi connectivity index (χ3n) is 3.64.